The summed E-state index contributed by atoms with van der Waals surface area (Å²) < 4.78 is 2.52. The van der Waals surface area contributed by atoms with Gasteiger partial charge in [0.05, 0.1) is 0 Å². The molecule has 0 amide bonds. The van der Waals surface area contributed by atoms with Gasteiger partial charge in [0, 0.05) is 17.9 Å². The first-order valence-corrected chi connectivity index (χ1v) is 7.16. The molecule has 2 heterocycles. The average Bonchev–Trinajstić information content (AvgIpc) is 2.93. The summed E-state index contributed by atoms with van der Waals surface area (Å²) in [5, 5.41) is 0. The van der Waals surface area contributed by atoms with Crippen molar-refractivity contribution < 1.29 is 0 Å². The van der Waals surface area contributed by atoms with Gasteiger partial charge in [-0.05, 0) is 48.8 Å². The molecule has 2 aliphatic rings. The maximum Gasteiger partial charge on any atom is 0.0438 e. The van der Waals surface area contributed by atoms with Gasteiger partial charge in [-0.25, -0.2) is 0 Å². The Bertz CT molecular complexity index is 421. The van der Waals surface area contributed by atoms with Crippen LogP contribution in [0.4, 0.5) is 0 Å². The number of rotatable bonds is 2. The first-order valence-electron chi connectivity index (χ1n) is 7.16. The quantitative estimate of drug-likeness (QED) is 0.699. The number of hydrogen-bond acceptors (Lipinski definition) is 0. The molecule has 1 aliphatic heterocycles. The molecule has 17 heavy (non-hydrogen) atoms. The fourth-order valence-electron chi connectivity index (χ4n) is 3.57. The highest BCUT2D eigenvalue weighted by molar-refractivity contribution is 5.64. The SMILES string of the molecule is C=C(c1ccc2n1CC[C@@H]2C)C1CCCCC1. The molecule has 1 atom stereocenters. The van der Waals surface area contributed by atoms with Crippen LogP contribution in [-0.4, -0.2) is 4.57 Å². The minimum Gasteiger partial charge on any atom is -0.345 e. The van der Waals surface area contributed by atoms with E-state index < -0.39 is 0 Å². The van der Waals surface area contributed by atoms with E-state index in [1.807, 2.05) is 0 Å². The van der Waals surface area contributed by atoms with E-state index in [-0.39, 0.29) is 0 Å². The Hall–Kier alpha value is -0.980. The van der Waals surface area contributed by atoms with E-state index in [1.54, 1.807) is 0 Å². The maximum atomic E-state index is 4.40. The first-order chi connectivity index (χ1) is 8.27. The van der Waals surface area contributed by atoms with Gasteiger partial charge < -0.3 is 4.57 Å². The second kappa shape index (κ2) is 4.36. The predicted molar refractivity (Wildman–Crippen MR) is 73.1 cm³/mol. The van der Waals surface area contributed by atoms with E-state index in [4.69, 9.17) is 0 Å². The highest BCUT2D eigenvalue weighted by Crippen LogP contribution is 2.38. The average molecular weight is 229 g/mol. The number of hydrogen-bond donors (Lipinski definition) is 0. The van der Waals surface area contributed by atoms with Crippen LogP contribution < -0.4 is 0 Å². The van der Waals surface area contributed by atoms with Crippen LogP contribution in [0, 0.1) is 5.92 Å². The minimum absolute atomic E-state index is 0.739. The van der Waals surface area contributed by atoms with E-state index in [0.29, 0.717) is 0 Å². The summed E-state index contributed by atoms with van der Waals surface area (Å²) in [5.41, 5.74) is 4.36. The minimum atomic E-state index is 0.739. The normalized spacial score (nSPS) is 24.9. The molecule has 0 saturated heterocycles. The van der Waals surface area contributed by atoms with Crippen LogP contribution in [0.15, 0.2) is 18.7 Å². The van der Waals surface area contributed by atoms with Crippen molar-refractivity contribution in [1.82, 2.24) is 4.57 Å². The van der Waals surface area contributed by atoms with E-state index in [2.05, 4.69) is 30.2 Å². The zero-order valence-corrected chi connectivity index (χ0v) is 10.9. The molecule has 0 unspecified atom stereocenters. The fourth-order valence-corrected chi connectivity index (χ4v) is 3.57. The number of fused-ring (bicyclic) bond motifs is 1. The van der Waals surface area contributed by atoms with Gasteiger partial charge in [0.25, 0.3) is 0 Å². The Kier molecular flexibility index (Phi) is 2.85. The van der Waals surface area contributed by atoms with Crippen molar-refractivity contribution in [3.05, 3.63) is 30.1 Å². The van der Waals surface area contributed by atoms with Crippen molar-refractivity contribution in [2.75, 3.05) is 0 Å². The van der Waals surface area contributed by atoms with Crippen molar-refractivity contribution in [3.63, 3.8) is 0 Å². The summed E-state index contributed by atoms with van der Waals surface area (Å²) in [7, 11) is 0. The zero-order valence-electron chi connectivity index (χ0n) is 10.9. The van der Waals surface area contributed by atoms with Crippen LogP contribution in [0.25, 0.3) is 5.57 Å². The third-order valence-corrected chi connectivity index (χ3v) is 4.73. The molecule has 0 N–H and O–H groups in total. The van der Waals surface area contributed by atoms with Gasteiger partial charge in [0.2, 0.25) is 0 Å². The lowest BCUT2D eigenvalue weighted by Gasteiger charge is -2.24. The van der Waals surface area contributed by atoms with Crippen LogP contribution in [-0.2, 0) is 6.54 Å². The smallest absolute Gasteiger partial charge is 0.0438 e. The molecule has 1 fully saturated rings. The van der Waals surface area contributed by atoms with Crippen LogP contribution >= 0.6 is 0 Å². The van der Waals surface area contributed by atoms with Crippen molar-refractivity contribution in [2.24, 2.45) is 5.92 Å². The van der Waals surface area contributed by atoms with Crippen molar-refractivity contribution in [1.29, 1.82) is 0 Å². The zero-order chi connectivity index (χ0) is 11.8. The van der Waals surface area contributed by atoms with Crippen molar-refractivity contribution in [2.45, 2.75) is 57.9 Å². The Morgan fingerprint density at radius 2 is 1.94 bits per heavy atom. The van der Waals surface area contributed by atoms with E-state index >= 15 is 0 Å². The highest BCUT2D eigenvalue weighted by atomic mass is 15.0. The van der Waals surface area contributed by atoms with Crippen LogP contribution in [0.3, 0.4) is 0 Å². The third kappa shape index (κ3) is 1.86. The summed E-state index contributed by atoms with van der Waals surface area (Å²) >= 11 is 0. The summed E-state index contributed by atoms with van der Waals surface area (Å²) in [5.74, 6) is 1.49. The molecule has 92 valence electrons. The summed E-state index contributed by atoms with van der Waals surface area (Å²) in [4.78, 5) is 0. The van der Waals surface area contributed by atoms with E-state index in [9.17, 15) is 0 Å². The molecule has 0 bridgehead atoms. The second-order valence-corrected chi connectivity index (χ2v) is 5.84. The van der Waals surface area contributed by atoms with Crippen LogP contribution in [0.5, 0.6) is 0 Å². The molecule has 1 aromatic heterocycles. The Morgan fingerprint density at radius 1 is 1.18 bits per heavy atom. The van der Waals surface area contributed by atoms with Gasteiger partial charge in [-0.3, -0.25) is 0 Å². The molecule has 1 aliphatic carbocycles. The lowest BCUT2D eigenvalue weighted by molar-refractivity contribution is 0.428. The van der Waals surface area contributed by atoms with Gasteiger partial charge in [-0.1, -0.05) is 32.8 Å². The van der Waals surface area contributed by atoms with E-state index in [1.165, 1.54) is 62.0 Å². The Balaban J connectivity index is 1.84. The van der Waals surface area contributed by atoms with Gasteiger partial charge in [-0.2, -0.15) is 0 Å². The van der Waals surface area contributed by atoms with Gasteiger partial charge >= 0.3 is 0 Å². The number of allylic oxidation sites excluding steroid dienone is 1. The third-order valence-electron chi connectivity index (χ3n) is 4.73. The van der Waals surface area contributed by atoms with E-state index in [0.717, 1.165) is 11.8 Å². The topological polar surface area (TPSA) is 4.93 Å². The summed E-state index contributed by atoms with van der Waals surface area (Å²) in [6.07, 6.45) is 8.24. The lowest BCUT2D eigenvalue weighted by Crippen LogP contribution is -2.10. The Morgan fingerprint density at radius 3 is 2.71 bits per heavy atom. The molecule has 0 radical (unpaired) electrons. The standard InChI is InChI=1S/C16H23N/c1-12-10-11-17-15(12)8-9-16(17)13(2)14-6-4-3-5-7-14/h8-9,12,14H,2-7,10-11H2,1H3/t12-/m0/s1. The molecule has 1 nitrogen and oxygen atoms in total. The molecule has 1 aromatic rings. The van der Waals surface area contributed by atoms with Gasteiger partial charge in [0.15, 0.2) is 0 Å². The van der Waals surface area contributed by atoms with Crippen molar-refractivity contribution >= 4 is 5.57 Å². The maximum absolute atomic E-state index is 4.40. The lowest BCUT2D eigenvalue weighted by atomic mass is 9.83. The molecular formula is C16H23N. The van der Waals surface area contributed by atoms with Gasteiger partial charge in [0.1, 0.15) is 0 Å². The fraction of sp³-hybridized carbons (Fsp3) is 0.625. The predicted octanol–water partition coefficient (Wildman–Crippen LogP) is 4.59. The second-order valence-electron chi connectivity index (χ2n) is 5.84. The monoisotopic (exact) mass is 229 g/mol. The molecule has 1 heteroatoms. The molecule has 0 spiro atoms. The van der Waals surface area contributed by atoms with Crippen molar-refractivity contribution in [3.8, 4) is 0 Å². The number of nitrogens with zero attached hydrogens (tertiary/aromatic N) is 1. The molecular weight excluding hydrogens is 206 g/mol. The molecule has 3 rings (SSSR count). The highest BCUT2D eigenvalue weighted by Gasteiger charge is 2.25. The van der Waals surface area contributed by atoms with Gasteiger partial charge in [-0.15, -0.1) is 0 Å². The van der Waals surface area contributed by atoms with Crippen LogP contribution in [0.1, 0.15) is 62.8 Å². The largest absolute Gasteiger partial charge is 0.345 e. The Labute approximate surface area is 105 Å². The first kappa shape index (κ1) is 11.1. The summed E-state index contributed by atoms with van der Waals surface area (Å²) in [6.45, 7) is 7.94. The van der Waals surface area contributed by atoms with Crippen LogP contribution in [0.2, 0.25) is 0 Å². The number of aromatic nitrogens is 1. The molecule has 0 aromatic carbocycles. The summed E-state index contributed by atoms with van der Waals surface area (Å²) in [6, 6.07) is 4.63. The molecule has 1 saturated carbocycles.